The average Bonchev–Trinajstić information content (AvgIpc) is 2.70. The van der Waals surface area contributed by atoms with Gasteiger partial charge in [-0.05, 0) is 31.4 Å². The molecule has 1 fully saturated rings. The number of hydrogen-bond acceptors (Lipinski definition) is 2. The first-order chi connectivity index (χ1) is 6.79. The van der Waals surface area contributed by atoms with Gasteiger partial charge in [0.25, 0.3) is 0 Å². The summed E-state index contributed by atoms with van der Waals surface area (Å²) in [4.78, 5) is 13.3. The number of amides is 1. The highest BCUT2D eigenvalue weighted by Crippen LogP contribution is 2.30. The lowest BCUT2D eigenvalue weighted by atomic mass is 10.00. The first kappa shape index (κ1) is 9.31. The monoisotopic (exact) mass is 193 g/mol. The molecule has 1 atom stereocenters. The van der Waals surface area contributed by atoms with E-state index in [0.717, 1.165) is 25.1 Å². The molecule has 0 unspecified atom stereocenters. The minimum absolute atomic E-state index is 0.145. The summed E-state index contributed by atoms with van der Waals surface area (Å²) in [6.45, 7) is 2.49. The number of furan rings is 1. The van der Waals surface area contributed by atoms with Crippen LogP contribution in [0.25, 0.3) is 0 Å². The minimum Gasteiger partial charge on any atom is -0.467 e. The van der Waals surface area contributed by atoms with Crippen LogP contribution in [0.3, 0.4) is 0 Å². The molecule has 0 spiro atoms. The SMILES string of the molecule is CC(=O)N1CCCC[C@H]1c1ccco1. The average molecular weight is 193 g/mol. The Morgan fingerprint density at radius 3 is 3.07 bits per heavy atom. The second-order valence-electron chi connectivity index (χ2n) is 3.74. The first-order valence-corrected chi connectivity index (χ1v) is 5.09. The van der Waals surface area contributed by atoms with Crippen molar-refractivity contribution in [3.05, 3.63) is 24.2 Å². The summed E-state index contributed by atoms with van der Waals surface area (Å²) in [6, 6.07) is 3.99. The summed E-state index contributed by atoms with van der Waals surface area (Å²) in [5.74, 6) is 1.06. The molecule has 1 aliphatic rings. The van der Waals surface area contributed by atoms with Crippen LogP contribution in [0.15, 0.2) is 22.8 Å². The lowest BCUT2D eigenvalue weighted by molar-refractivity contribution is -0.133. The van der Waals surface area contributed by atoms with E-state index < -0.39 is 0 Å². The molecule has 0 aromatic carbocycles. The minimum atomic E-state index is 0.145. The summed E-state index contributed by atoms with van der Waals surface area (Å²) in [5.41, 5.74) is 0. The van der Waals surface area contributed by atoms with Gasteiger partial charge in [-0.25, -0.2) is 0 Å². The molecule has 0 aliphatic carbocycles. The molecule has 1 aliphatic heterocycles. The highest BCUT2D eigenvalue weighted by molar-refractivity contribution is 5.73. The maximum absolute atomic E-state index is 11.4. The Morgan fingerprint density at radius 1 is 1.57 bits per heavy atom. The largest absolute Gasteiger partial charge is 0.467 e. The lowest BCUT2D eigenvalue weighted by Gasteiger charge is -2.33. The van der Waals surface area contributed by atoms with Crippen LogP contribution in [0.2, 0.25) is 0 Å². The van der Waals surface area contributed by atoms with Gasteiger partial charge < -0.3 is 9.32 Å². The normalized spacial score (nSPS) is 22.4. The fourth-order valence-electron chi connectivity index (χ4n) is 2.09. The molecule has 1 aromatic heterocycles. The van der Waals surface area contributed by atoms with Gasteiger partial charge in [0.1, 0.15) is 5.76 Å². The van der Waals surface area contributed by atoms with E-state index in [1.165, 1.54) is 6.42 Å². The standard InChI is InChI=1S/C11H15NO2/c1-9(13)12-7-3-2-5-10(12)11-6-4-8-14-11/h4,6,8,10H,2-3,5,7H2,1H3/t10-/m0/s1. The van der Waals surface area contributed by atoms with Gasteiger partial charge in [-0.3, -0.25) is 4.79 Å². The van der Waals surface area contributed by atoms with Gasteiger partial charge in [0.2, 0.25) is 5.91 Å². The van der Waals surface area contributed by atoms with Crippen LogP contribution < -0.4 is 0 Å². The molecule has 1 saturated heterocycles. The zero-order chi connectivity index (χ0) is 9.97. The smallest absolute Gasteiger partial charge is 0.220 e. The highest BCUT2D eigenvalue weighted by atomic mass is 16.3. The molecular formula is C11H15NO2. The van der Waals surface area contributed by atoms with Gasteiger partial charge in [-0.1, -0.05) is 0 Å². The first-order valence-electron chi connectivity index (χ1n) is 5.09. The topological polar surface area (TPSA) is 33.5 Å². The molecule has 1 amide bonds. The summed E-state index contributed by atoms with van der Waals surface area (Å²) >= 11 is 0. The van der Waals surface area contributed by atoms with Crippen LogP contribution in [-0.2, 0) is 4.79 Å². The van der Waals surface area contributed by atoms with Crippen LogP contribution in [0.5, 0.6) is 0 Å². The third kappa shape index (κ3) is 1.67. The predicted molar refractivity (Wildman–Crippen MR) is 52.7 cm³/mol. The van der Waals surface area contributed by atoms with Crippen LogP contribution in [0.1, 0.15) is 38.0 Å². The second kappa shape index (κ2) is 3.86. The van der Waals surface area contributed by atoms with E-state index in [4.69, 9.17) is 4.42 Å². The number of carbonyl (C=O) groups excluding carboxylic acids is 1. The Labute approximate surface area is 83.7 Å². The van der Waals surface area contributed by atoms with Crippen molar-refractivity contribution < 1.29 is 9.21 Å². The van der Waals surface area contributed by atoms with Gasteiger partial charge in [-0.2, -0.15) is 0 Å². The quantitative estimate of drug-likeness (QED) is 0.686. The number of hydrogen-bond donors (Lipinski definition) is 0. The Hall–Kier alpha value is -1.25. The fraction of sp³-hybridized carbons (Fsp3) is 0.545. The molecule has 0 bridgehead atoms. The molecular weight excluding hydrogens is 178 g/mol. The van der Waals surface area contributed by atoms with Crippen molar-refractivity contribution in [1.82, 2.24) is 4.90 Å². The Balaban J connectivity index is 2.18. The number of rotatable bonds is 1. The highest BCUT2D eigenvalue weighted by Gasteiger charge is 2.27. The molecule has 3 heteroatoms. The number of carbonyl (C=O) groups is 1. The molecule has 0 radical (unpaired) electrons. The van der Waals surface area contributed by atoms with E-state index in [0.29, 0.717) is 0 Å². The zero-order valence-corrected chi connectivity index (χ0v) is 8.40. The van der Waals surface area contributed by atoms with E-state index in [9.17, 15) is 4.79 Å². The molecule has 14 heavy (non-hydrogen) atoms. The molecule has 2 heterocycles. The molecule has 0 saturated carbocycles. The summed E-state index contributed by atoms with van der Waals surface area (Å²) < 4.78 is 5.36. The summed E-state index contributed by atoms with van der Waals surface area (Å²) in [5, 5.41) is 0. The Bertz CT molecular complexity index is 305. The van der Waals surface area contributed by atoms with Crippen molar-refractivity contribution >= 4 is 5.91 Å². The third-order valence-corrected chi connectivity index (χ3v) is 2.78. The van der Waals surface area contributed by atoms with Crippen molar-refractivity contribution in [3.8, 4) is 0 Å². The summed E-state index contributed by atoms with van der Waals surface area (Å²) in [7, 11) is 0. The van der Waals surface area contributed by atoms with Crippen molar-refractivity contribution in [3.63, 3.8) is 0 Å². The van der Waals surface area contributed by atoms with Crippen LogP contribution in [0.4, 0.5) is 0 Å². The maximum atomic E-state index is 11.4. The molecule has 76 valence electrons. The van der Waals surface area contributed by atoms with E-state index in [2.05, 4.69) is 0 Å². The van der Waals surface area contributed by atoms with Gasteiger partial charge in [0, 0.05) is 13.5 Å². The number of piperidine rings is 1. The van der Waals surface area contributed by atoms with Crippen LogP contribution in [0, 0.1) is 0 Å². The second-order valence-corrected chi connectivity index (χ2v) is 3.74. The van der Waals surface area contributed by atoms with Gasteiger partial charge >= 0.3 is 0 Å². The molecule has 2 rings (SSSR count). The van der Waals surface area contributed by atoms with Gasteiger partial charge in [0.15, 0.2) is 0 Å². The van der Waals surface area contributed by atoms with Crippen molar-refractivity contribution in [2.75, 3.05) is 6.54 Å². The van der Waals surface area contributed by atoms with Crippen LogP contribution in [-0.4, -0.2) is 17.4 Å². The third-order valence-electron chi connectivity index (χ3n) is 2.78. The predicted octanol–water partition coefficient (Wildman–Crippen LogP) is 2.35. The molecule has 1 aromatic rings. The van der Waals surface area contributed by atoms with Crippen molar-refractivity contribution in [2.24, 2.45) is 0 Å². The van der Waals surface area contributed by atoms with Crippen LogP contribution >= 0.6 is 0 Å². The van der Waals surface area contributed by atoms with E-state index in [1.807, 2.05) is 17.0 Å². The van der Waals surface area contributed by atoms with Crippen molar-refractivity contribution in [1.29, 1.82) is 0 Å². The van der Waals surface area contributed by atoms with E-state index in [-0.39, 0.29) is 11.9 Å². The van der Waals surface area contributed by atoms with E-state index >= 15 is 0 Å². The molecule has 3 nitrogen and oxygen atoms in total. The Morgan fingerprint density at radius 2 is 2.43 bits per heavy atom. The number of likely N-dealkylation sites (tertiary alicyclic amines) is 1. The van der Waals surface area contributed by atoms with Crippen molar-refractivity contribution in [2.45, 2.75) is 32.2 Å². The van der Waals surface area contributed by atoms with Gasteiger partial charge in [0.05, 0.1) is 12.3 Å². The zero-order valence-electron chi connectivity index (χ0n) is 8.40. The Kier molecular flexibility index (Phi) is 2.57. The molecule has 0 N–H and O–H groups in total. The van der Waals surface area contributed by atoms with E-state index in [1.54, 1.807) is 13.2 Å². The lowest BCUT2D eigenvalue weighted by Crippen LogP contribution is -2.36. The van der Waals surface area contributed by atoms with Gasteiger partial charge in [-0.15, -0.1) is 0 Å². The maximum Gasteiger partial charge on any atom is 0.220 e. The fourth-order valence-corrected chi connectivity index (χ4v) is 2.09. The summed E-state index contributed by atoms with van der Waals surface area (Å²) in [6.07, 6.45) is 4.97. The number of nitrogens with zero attached hydrogens (tertiary/aromatic N) is 1.